The third-order valence-corrected chi connectivity index (χ3v) is 8.15. The van der Waals surface area contributed by atoms with Crippen LogP contribution in [0, 0.1) is 11.8 Å². The highest BCUT2D eigenvalue weighted by Crippen LogP contribution is 2.57. The fourth-order valence-corrected chi connectivity index (χ4v) is 5.91. The third-order valence-electron chi connectivity index (χ3n) is 6.88. The van der Waals surface area contributed by atoms with Gasteiger partial charge in [-0.05, 0) is 35.9 Å². The predicted molar refractivity (Wildman–Crippen MR) is 132 cm³/mol. The number of amides is 2. The molecule has 2 amide bonds. The summed E-state index contributed by atoms with van der Waals surface area (Å²) in [7, 11) is 0. The molecule has 0 aromatic heterocycles. The Morgan fingerprint density at radius 1 is 0.800 bits per heavy atom. The van der Waals surface area contributed by atoms with E-state index in [2.05, 4.69) is 15.9 Å². The first kappa shape index (κ1) is 22.6. The van der Waals surface area contributed by atoms with Gasteiger partial charge in [-0.1, -0.05) is 75.5 Å². The summed E-state index contributed by atoms with van der Waals surface area (Å²) in [6.45, 7) is 0. The van der Waals surface area contributed by atoms with Gasteiger partial charge in [0.25, 0.3) is 0 Å². The lowest BCUT2D eigenvalue weighted by Gasteiger charge is -2.27. The summed E-state index contributed by atoms with van der Waals surface area (Å²) in [6.07, 6.45) is -0.987. The lowest BCUT2D eigenvalue weighted by Crippen LogP contribution is -2.51. The van der Waals surface area contributed by atoms with E-state index < -0.39 is 46.9 Å². The fraction of sp³-hybridized carbons (Fsp3) is 0.154. The topological polar surface area (TPSA) is 80.8 Å². The normalized spacial score (nSPS) is 24.4. The number of Topliss-reactive ketones (excluding diaryl/α,β-unsaturated/α-hetero) is 2. The van der Waals surface area contributed by atoms with Crippen LogP contribution in [-0.2, 0) is 14.3 Å². The second kappa shape index (κ2) is 7.83. The fourth-order valence-electron chi connectivity index (χ4n) is 5.35. The molecule has 6 rings (SSSR count). The van der Waals surface area contributed by atoms with E-state index in [1.807, 2.05) is 0 Å². The molecule has 1 spiro atoms. The van der Waals surface area contributed by atoms with Gasteiger partial charge in [0.15, 0.2) is 0 Å². The molecule has 0 saturated carbocycles. The number of anilines is 1. The predicted octanol–water partition coefficient (Wildman–Crippen LogP) is 5.45. The zero-order valence-corrected chi connectivity index (χ0v) is 20.8. The first-order chi connectivity index (χ1) is 16.8. The second-order valence-corrected chi connectivity index (χ2v) is 10.4. The lowest BCUT2D eigenvalue weighted by atomic mass is 9.77. The van der Waals surface area contributed by atoms with Crippen LogP contribution in [0.25, 0.3) is 0 Å². The number of halogens is 3. The minimum atomic E-state index is -2.12. The van der Waals surface area contributed by atoms with Gasteiger partial charge in [-0.15, -0.1) is 0 Å². The molecule has 2 saturated heterocycles. The molecule has 0 unspecified atom stereocenters. The summed E-state index contributed by atoms with van der Waals surface area (Å²) in [5.74, 6) is -4.88. The minimum absolute atomic E-state index is 0.165. The molecule has 2 heterocycles. The first-order valence-electron chi connectivity index (χ1n) is 10.7. The molecule has 9 heteroatoms. The van der Waals surface area contributed by atoms with Gasteiger partial charge in [0.1, 0.15) is 0 Å². The summed E-state index contributed by atoms with van der Waals surface area (Å²) in [4.78, 5) is 56.1. The van der Waals surface area contributed by atoms with E-state index in [0.29, 0.717) is 5.56 Å². The standard InChI is InChI=1S/C26H14BrCl2NO5/c27-13-7-5-12(6-8-13)21-19-20(25(34)30(24(19)33)14-9-10-17(28)18(29)11-14)26(35-21)22(31)15-3-1-2-4-16(15)23(26)32/h1-11,19-21H/t19-,20-,21-/m0/s1. The number of benzene rings is 3. The van der Waals surface area contributed by atoms with Crippen LogP contribution in [0.2, 0.25) is 10.0 Å². The van der Waals surface area contributed by atoms with Crippen LogP contribution in [0.4, 0.5) is 5.69 Å². The summed E-state index contributed by atoms with van der Waals surface area (Å²) >= 11 is 15.6. The number of fused-ring (bicyclic) bond motifs is 3. The molecule has 3 atom stereocenters. The minimum Gasteiger partial charge on any atom is -0.349 e. The van der Waals surface area contributed by atoms with E-state index in [-0.39, 0.29) is 26.9 Å². The van der Waals surface area contributed by atoms with Crippen molar-refractivity contribution >= 4 is 68.2 Å². The van der Waals surface area contributed by atoms with Crippen LogP contribution < -0.4 is 4.90 Å². The lowest BCUT2D eigenvalue weighted by molar-refractivity contribution is -0.127. The Balaban J connectivity index is 1.54. The van der Waals surface area contributed by atoms with Gasteiger partial charge in [-0.25, -0.2) is 4.90 Å². The number of carbonyl (C=O) groups is 4. The first-order valence-corrected chi connectivity index (χ1v) is 12.3. The maximum absolute atomic E-state index is 13.9. The van der Waals surface area contributed by atoms with Gasteiger partial charge in [0, 0.05) is 15.6 Å². The molecule has 2 fully saturated rings. The van der Waals surface area contributed by atoms with Crippen molar-refractivity contribution in [1.29, 1.82) is 0 Å². The molecule has 0 radical (unpaired) electrons. The summed E-state index contributed by atoms with van der Waals surface area (Å²) < 4.78 is 7.05. The Bertz CT molecular complexity index is 1440. The number of carbonyl (C=O) groups excluding carboxylic acids is 4. The average Bonchev–Trinajstić information content (AvgIpc) is 3.41. The van der Waals surface area contributed by atoms with Crippen LogP contribution in [0.3, 0.4) is 0 Å². The molecule has 35 heavy (non-hydrogen) atoms. The molecule has 3 aliphatic rings. The number of hydrogen-bond donors (Lipinski definition) is 0. The van der Waals surface area contributed by atoms with Crippen LogP contribution >= 0.6 is 39.1 Å². The van der Waals surface area contributed by atoms with Crippen LogP contribution in [0.5, 0.6) is 0 Å². The Morgan fingerprint density at radius 3 is 2.03 bits per heavy atom. The van der Waals surface area contributed by atoms with Crippen molar-refractivity contribution in [1.82, 2.24) is 0 Å². The largest absolute Gasteiger partial charge is 0.349 e. The Morgan fingerprint density at radius 2 is 1.43 bits per heavy atom. The number of imide groups is 1. The zero-order chi connectivity index (χ0) is 24.6. The van der Waals surface area contributed by atoms with Crippen LogP contribution in [-0.4, -0.2) is 29.0 Å². The van der Waals surface area contributed by atoms with Crippen LogP contribution in [0.15, 0.2) is 71.2 Å². The highest BCUT2D eigenvalue weighted by atomic mass is 79.9. The maximum Gasteiger partial charge on any atom is 0.241 e. The highest BCUT2D eigenvalue weighted by Gasteiger charge is 2.74. The Hall–Kier alpha value is -2.84. The molecule has 174 valence electrons. The number of ketones is 2. The Labute approximate surface area is 217 Å². The van der Waals surface area contributed by atoms with E-state index >= 15 is 0 Å². The van der Waals surface area contributed by atoms with Crippen molar-refractivity contribution in [3.05, 3.63) is 97.9 Å². The molecule has 0 N–H and O–H groups in total. The van der Waals surface area contributed by atoms with E-state index in [9.17, 15) is 19.2 Å². The molecule has 6 nitrogen and oxygen atoms in total. The van der Waals surface area contributed by atoms with Gasteiger partial charge >= 0.3 is 0 Å². The molecule has 2 aliphatic heterocycles. The average molecular weight is 571 g/mol. The third kappa shape index (κ3) is 2.99. The number of nitrogens with zero attached hydrogens (tertiary/aromatic N) is 1. The van der Waals surface area contributed by atoms with E-state index in [4.69, 9.17) is 27.9 Å². The van der Waals surface area contributed by atoms with E-state index in [0.717, 1.165) is 9.37 Å². The van der Waals surface area contributed by atoms with Gasteiger partial charge in [-0.2, -0.15) is 0 Å². The van der Waals surface area contributed by atoms with Gasteiger partial charge < -0.3 is 4.74 Å². The smallest absolute Gasteiger partial charge is 0.241 e. The van der Waals surface area contributed by atoms with Crippen molar-refractivity contribution in [2.24, 2.45) is 11.8 Å². The Kier molecular flexibility index (Phi) is 5.06. The van der Waals surface area contributed by atoms with E-state index in [1.165, 1.54) is 30.3 Å². The molecular formula is C26H14BrCl2NO5. The monoisotopic (exact) mass is 569 g/mol. The van der Waals surface area contributed by atoms with Crippen molar-refractivity contribution in [2.75, 3.05) is 4.90 Å². The van der Waals surface area contributed by atoms with Crippen molar-refractivity contribution in [3.8, 4) is 0 Å². The van der Waals surface area contributed by atoms with Crippen molar-refractivity contribution < 1.29 is 23.9 Å². The maximum atomic E-state index is 13.9. The van der Waals surface area contributed by atoms with E-state index in [1.54, 1.807) is 36.4 Å². The zero-order valence-electron chi connectivity index (χ0n) is 17.7. The molecule has 0 bridgehead atoms. The quantitative estimate of drug-likeness (QED) is 0.302. The van der Waals surface area contributed by atoms with Crippen molar-refractivity contribution in [2.45, 2.75) is 11.7 Å². The van der Waals surface area contributed by atoms with Crippen LogP contribution in [0.1, 0.15) is 32.4 Å². The summed E-state index contributed by atoms with van der Waals surface area (Å²) in [6, 6.07) is 17.8. The second-order valence-electron chi connectivity index (χ2n) is 8.64. The summed E-state index contributed by atoms with van der Waals surface area (Å²) in [5.41, 5.74) is -0.969. The number of ether oxygens (including phenoxy) is 1. The molecule has 3 aromatic carbocycles. The number of rotatable bonds is 2. The summed E-state index contributed by atoms with van der Waals surface area (Å²) in [5, 5.41) is 0.427. The number of hydrogen-bond acceptors (Lipinski definition) is 5. The molecular weight excluding hydrogens is 557 g/mol. The SMILES string of the molecule is O=C1[C@H]2[C@@H](C(=O)N1c1ccc(Cl)c(Cl)c1)C1(O[C@H]2c2ccc(Br)cc2)C(=O)c2ccccc2C1=O. The van der Waals surface area contributed by atoms with Gasteiger partial charge in [-0.3, -0.25) is 19.2 Å². The van der Waals surface area contributed by atoms with Gasteiger partial charge in [0.05, 0.1) is 33.7 Å². The molecule has 1 aliphatic carbocycles. The van der Waals surface area contributed by atoms with Gasteiger partial charge in [0.2, 0.25) is 29.0 Å². The van der Waals surface area contributed by atoms with Crippen molar-refractivity contribution in [3.63, 3.8) is 0 Å². The molecule has 3 aromatic rings. The highest BCUT2D eigenvalue weighted by molar-refractivity contribution is 9.10.